The van der Waals surface area contributed by atoms with E-state index in [4.69, 9.17) is 11.6 Å². The Morgan fingerprint density at radius 2 is 2.08 bits per heavy atom. The molecule has 1 aromatic heterocycles. The van der Waals surface area contributed by atoms with Gasteiger partial charge in [-0.3, -0.25) is 0 Å². The highest BCUT2D eigenvalue weighted by Crippen LogP contribution is 2.40. The van der Waals surface area contributed by atoms with Gasteiger partial charge in [-0.15, -0.1) is 0 Å². The average Bonchev–Trinajstić information content (AvgIpc) is 2.63. The Balaban J connectivity index is 2.33. The summed E-state index contributed by atoms with van der Waals surface area (Å²) in [6, 6.07) is -0.184. The number of aromatic nitrogens is 2. The minimum Gasteiger partial charge on any atom is -0.394 e. The molecule has 2 aromatic rings. The summed E-state index contributed by atoms with van der Waals surface area (Å²) in [6.07, 6.45) is 4.41. The van der Waals surface area contributed by atoms with Gasteiger partial charge in [-0.25, -0.2) is 18.7 Å². The molecule has 1 aliphatic heterocycles. The monoisotopic (exact) mass is 437 g/mol. The topological polar surface area (TPSA) is 49.2 Å². The first-order valence-corrected chi connectivity index (χ1v) is 9.84. The van der Waals surface area contributed by atoms with Crippen LogP contribution in [0.2, 0.25) is 5.02 Å². The second-order valence-corrected chi connectivity index (χ2v) is 7.48. The van der Waals surface area contributed by atoms with Gasteiger partial charge in [0.15, 0.2) is 16.8 Å². The fourth-order valence-corrected chi connectivity index (χ4v) is 3.86. The third-order valence-corrected chi connectivity index (χ3v) is 6.04. The lowest BCUT2D eigenvalue weighted by molar-refractivity contribution is 0.239. The predicted octanol–water partition coefficient (Wildman–Crippen LogP) is 4.40. The highest BCUT2D eigenvalue weighted by Gasteiger charge is 2.29. The molecule has 9 heteroatoms. The summed E-state index contributed by atoms with van der Waals surface area (Å²) in [7, 11) is 0. The SMILES string of the molecule is CSc1nc(N2CCCC[C@H]2CO)c2c(F)c(Cl)c(Br)c(F)c2n1. The number of anilines is 1. The van der Waals surface area contributed by atoms with Crippen LogP contribution in [0.15, 0.2) is 9.63 Å². The number of halogens is 4. The van der Waals surface area contributed by atoms with Crippen LogP contribution in [-0.2, 0) is 0 Å². The van der Waals surface area contributed by atoms with Crippen LogP contribution in [0.1, 0.15) is 19.3 Å². The zero-order valence-corrected chi connectivity index (χ0v) is 16.0. The van der Waals surface area contributed by atoms with E-state index < -0.39 is 11.6 Å². The Morgan fingerprint density at radius 1 is 1.33 bits per heavy atom. The van der Waals surface area contributed by atoms with Gasteiger partial charge in [0.2, 0.25) is 0 Å². The summed E-state index contributed by atoms with van der Waals surface area (Å²) in [4.78, 5) is 10.4. The molecule has 0 saturated carbocycles. The summed E-state index contributed by atoms with van der Waals surface area (Å²) < 4.78 is 29.3. The van der Waals surface area contributed by atoms with E-state index in [-0.39, 0.29) is 38.9 Å². The standard InChI is InChI=1S/C15H15BrClF2N3OS/c1-24-15-20-13-8(11(18)10(17)9(16)12(13)19)14(21-15)22-5-3-2-4-7(22)6-23/h7,23H,2-6H2,1H3/t7-/m0/s1. The van der Waals surface area contributed by atoms with Crippen molar-refractivity contribution >= 4 is 56.0 Å². The van der Waals surface area contributed by atoms with E-state index in [1.165, 1.54) is 11.8 Å². The van der Waals surface area contributed by atoms with Gasteiger partial charge in [0.05, 0.1) is 27.5 Å². The fourth-order valence-electron chi connectivity index (χ4n) is 2.96. The molecule has 1 fully saturated rings. The highest BCUT2D eigenvalue weighted by molar-refractivity contribution is 9.10. The molecule has 0 aliphatic carbocycles. The first-order chi connectivity index (χ1) is 11.5. The van der Waals surface area contributed by atoms with E-state index in [2.05, 4.69) is 25.9 Å². The molecule has 1 aliphatic rings. The van der Waals surface area contributed by atoms with Gasteiger partial charge in [-0.2, -0.15) is 0 Å². The second kappa shape index (κ2) is 7.27. The van der Waals surface area contributed by atoms with Crippen molar-refractivity contribution in [1.29, 1.82) is 0 Å². The van der Waals surface area contributed by atoms with Crippen molar-refractivity contribution < 1.29 is 13.9 Å². The zero-order valence-electron chi connectivity index (χ0n) is 12.8. The largest absolute Gasteiger partial charge is 0.394 e. The Morgan fingerprint density at radius 3 is 2.75 bits per heavy atom. The third-order valence-electron chi connectivity index (χ3n) is 4.17. The maximum absolute atomic E-state index is 14.8. The molecule has 1 aromatic carbocycles. The number of thioether (sulfide) groups is 1. The molecule has 0 radical (unpaired) electrons. The van der Waals surface area contributed by atoms with E-state index in [0.29, 0.717) is 11.7 Å². The van der Waals surface area contributed by atoms with Crippen molar-refractivity contribution in [3.63, 3.8) is 0 Å². The van der Waals surface area contributed by atoms with E-state index in [0.717, 1.165) is 19.3 Å². The molecule has 4 nitrogen and oxygen atoms in total. The Kier molecular flexibility index (Phi) is 5.48. The highest BCUT2D eigenvalue weighted by atomic mass is 79.9. The van der Waals surface area contributed by atoms with E-state index >= 15 is 0 Å². The van der Waals surface area contributed by atoms with Crippen LogP contribution in [0.4, 0.5) is 14.6 Å². The van der Waals surface area contributed by atoms with E-state index in [1.54, 1.807) is 6.26 Å². The van der Waals surface area contributed by atoms with Gasteiger partial charge in [0.25, 0.3) is 0 Å². The molecule has 1 N–H and O–H groups in total. The number of hydrogen-bond acceptors (Lipinski definition) is 5. The number of hydrogen-bond donors (Lipinski definition) is 1. The third kappa shape index (κ3) is 2.98. The van der Waals surface area contributed by atoms with Crippen molar-refractivity contribution in [3.05, 3.63) is 21.1 Å². The lowest BCUT2D eigenvalue weighted by Crippen LogP contribution is -2.42. The maximum atomic E-state index is 14.8. The maximum Gasteiger partial charge on any atom is 0.189 e. The normalized spacial score (nSPS) is 18.4. The molecule has 0 spiro atoms. The molecule has 2 heterocycles. The number of fused-ring (bicyclic) bond motifs is 1. The first kappa shape index (κ1) is 18.1. The smallest absolute Gasteiger partial charge is 0.189 e. The van der Waals surface area contributed by atoms with Crippen molar-refractivity contribution in [2.75, 3.05) is 24.3 Å². The molecular weight excluding hydrogens is 424 g/mol. The van der Waals surface area contributed by atoms with Gasteiger partial charge in [-0.05, 0) is 41.4 Å². The quantitative estimate of drug-likeness (QED) is 0.333. The lowest BCUT2D eigenvalue weighted by Gasteiger charge is -2.36. The van der Waals surface area contributed by atoms with Gasteiger partial charge in [0, 0.05) is 6.54 Å². The summed E-state index contributed by atoms with van der Waals surface area (Å²) >= 11 is 10.1. The summed E-state index contributed by atoms with van der Waals surface area (Å²) in [5.74, 6) is -1.19. The zero-order chi connectivity index (χ0) is 17.4. The minimum atomic E-state index is -0.759. The summed E-state index contributed by atoms with van der Waals surface area (Å²) in [5, 5.41) is 9.62. The van der Waals surface area contributed by atoms with Gasteiger partial charge in [0.1, 0.15) is 11.3 Å². The van der Waals surface area contributed by atoms with E-state index in [9.17, 15) is 13.9 Å². The summed E-state index contributed by atoms with van der Waals surface area (Å²) in [5.41, 5.74) is -0.111. The van der Waals surface area contributed by atoms with Crippen molar-refractivity contribution in [2.45, 2.75) is 30.5 Å². The van der Waals surface area contributed by atoms with Crippen molar-refractivity contribution in [3.8, 4) is 0 Å². The van der Waals surface area contributed by atoms with Crippen LogP contribution in [0.5, 0.6) is 0 Å². The predicted molar refractivity (Wildman–Crippen MR) is 96.0 cm³/mol. The van der Waals surface area contributed by atoms with Gasteiger partial charge < -0.3 is 10.0 Å². The van der Waals surface area contributed by atoms with Crippen LogP contribution < -0.4 is 4.90 Å². The Hall–Kier alpha value is -0.700. The molecule has 1 atom stereocenters. The van der Waals surface area contributed by atoms with E-state index in [1.807, 2.05) is 4.90 Å². The molecule has 1 saturated heterocycles. The fraction of sp³-hybridized carbons (Fsp3) is 0.467. The van der Waals surface area contributed by atoms with Crippen LogP contribution in [0.25, 0.3) is 10.9 Å². The minimum absolute atomic E-state index is 0.0427. The molecule has 24 heavy (non-hydrogen) atoms. The van der Waals surface area contributed by atoms with Crippen LogP contribution in [0, 0.1) is 11.6 Å². The molecule has 0 bridgehead atoms. The summed E-state index contributed by atoms with van der Waals surface area (Å²) in [6.45, 7) is 0.536. The van der Waals surface area contributed by atoms with Gasteiger partial charge in [-0.1, -0.05) is 23.4 Å². The van der Waals surface area contributed by atoms with Crippen LogP contribution in [0.3, 0.4) is 0 Å². The average molecular weight is 439 g/mol. The number of benzene rings is 1. The van der Waals surface area contributed by atoms with Crippen LogP contribution >= 0.6 is 39.3 Å². The number of aliphatic hydroxyl groups is 1. The molecule has 0 unspecified atom stereocenters. The molecule has 0 amide bonds. The van der Waals surface area contributed by atoms with Crippen molar-refractivity contribution in [2.24, 2.45) is 0 Å². The number of aliphatic hydroxyl groups excluding tert-OH is 1. The van der Waals surface area contributed by atoms with Gasteiger partial charge >= 0.3 is 0 Å². The Bertz CT molecular complexity index is 795. The van der Waals surface area contributed by atoms with Crippen LogP contribution in [-0.4, -0.2) is 40.5 Å². The Labute approximate surface area is 155 Å². The molecule has 130 valence electrons. The molecular formula is C15H15BrClF2N3OS. The number of piperidine rings is 1. The lowest BCUT2D eigenvalue weighted by atomic mass is 10.0. The first-order valence-electron chi connectivity index (χ1n) is 7.44. The number of rotatable bonds is 3. The van der Waals surface area contributed by atoms with Crippen molar-refractivity contribution in [1.82, 2.24) is 9.97 Å². The molecule has 3 rings (SSSR count). The second-order valence-electron chi connectivity index (χ2n) is 5.54. The number of nitrogens with zero attached hydrogens (tertiary/aromatic N) is 3.